The van der Waals surface area contributed by atoms with E-state index in [9.17, 15) is 9.18 Å². The Balaban J connectivity index is 2.76. The molecule has 0 radical (unpaired) electrons. The van der Waals surface area contributed by atoms with Crippen LogP contribution in [0.1, 0.15) is 26.7 Å². The quantitative estimate of drug-likeness (QED) is 0.832. The molecule has 2 amide bonds. The molecule has 1 aromatic rings. The zero-order valence-corrected chi connectivity index (χ0v) is 11.5. The van der Waals surface area contributed by atoms with Crippen molar-refractivity contribution in [2.45, 2.75) is 32.7 Å². The Morgan fingerprint density at radius 1 is 1.42 bits per heavy atom. The molecule has 5 heteroatoms. The van der Waals surface area contributed by atoms with Crippen LogP contribution in [-0.4, -0.2) is 30.1 Å². The predicted octanol–water partition coefficient (Wildman–Crippen LogP) is 2.81. The first-order valence-corrected chi connectivity index (χ1v) is 6.65. The number of hydrogen-bond donors (Lipinski definition) is 2. The molecular weight excluding hydrogens is 245 g/mol. The van der Waals surface area contributed by atoms with Crippen LogP contribution < -0.4 is 11.1 Å². The van der Waals surface area contributed by atoms with Crippen LogP contribution in [0.15, 0.2) is 24.3 Å². The van der Waals surface area contributed by atoms with Gasteiger partial charge in [0.15, 0.2) is 0 Å². The van der Waals surface area contributed by atoms with Crippen molar-refractivity contribution in [3.63, 3.8) is 0 Å². The zero-order valence-electron chi connectivity index (χ0n) is 11.5. The minimum Gasteiger partial charge on any atom is -0.329 e. The predicted molar refractivity (Wildman–Crippen MR) is 75.5 cm³/mol. The van der Waals surface area contributed by atoms with Gasteiger partial charge in [0.05, 0.1) is 0 Å². The van der Waals surface area contributed by atoms with Crippen molar-refractivity contribution >= 4 is 11.7 Å². The molecule has 19 heavy (non-hydrogen) atoms. The van der Waals surface area contributed by atoms with Gasteiger partial charge in [-0.25, -0.2) is 9.18 Å². The van der Waals surface area contributed by atoms with Crippen molar-refractivity contribution in [3.8, 4) is 0 Å². The molecule has 0 saturated carbocycles. The van der Waals surface area contributed by atoms with E-state index >= 15 is 0 Å². The highest BCUT2D eigenvalue weighted by molar-refractivity contribution is 5.89. The topological polar surface area (TPSA) is 58.4 Å². The summed E-state index contributed by atoms with van der Waals surface area (Å²) in [5.74, 6) is -0.370. The van der Waals surface area contributed by atoms with E-state index in [2.05, 4.69) is 5.32 Å². The van der Waals surface area contributed by atoms with Crippen molar-refractivity contribution in [3.05, 3.63) is 30.1 Å². The van der Waals surface area contributed by atoms with Crippen LogP contribution in [0, 0.1) is 5.82 Å². The highest BCUT2D eigenvalue weighted by Crippen LogP contribution is 2.13. The minimum absolute atomic E-state index is 0.150. The van der Waals surface area contributed by atoms with Crippen LogP contribution in [0.25, 0.3) is 0 Å². The van der Waals surface area contributed by atoms with Crippen molar-refractivity contribution in [2.24, 2.45) is 5.73 Å². The molecule has 0 aliphatic carbocycles. The Kier molecular flexibility index (Phi) is 6.29. The van der Waals surface area contributed by atoms with Crippen molar-refractivity contribution in [1.82, 2.24) is 4.90 Å². The lowest BCUT2D eigenvalue weighted by Crippen LogP contribution is -2.45. The van der Waals surface area contributed by atoms with E-state index in [1.165, 1.54) is 12.1 Å². The van der Waals surface area contributed by atoms with Crippen LogP contribution in [-0.2, 0) is 0 Å². The fourth-order valence-corrected chi connectivity index (χ4v) is 2.08. The van der Waals surface area contributed by atoms with Crippen molar-refractivity contribution in [2.75, 3.05) is 18.4 Å². The summed E-state index contributed by atoms with van der Waals surface area (Å²) in [6.45, 7) is 4.97. The number of hydrogen-bond acceptors (Lipinski definition) is 2. The van der Waals surface area contributed by atoms with Crippen molar-refractivity contribution in [1.29, 1.82) is 0 Å². The molecule has 0 fully saturated rings. The summed E-state index contributed by atoms with van der Waals surface area (Å²) in [5, 5.41) is 2.71. The lowest BCUT2D eigenvalue weighted by Gasteiger charge is -2.30. The number of nitrogens with one attached hydrogen (secondary N) is 1. The SMILES string of the molecule is CCC(CC)N(CCN)C(=O)Nc1cccc(F)c1. The summed E-state index contributed by atoms with van der Waals surface area (Å²) >= 11 is 0. The molecule has 0 saturated heterocycles. The lowest BCUT2D eigenvalue weighted by molar-refractivity contribution is 0.185. The van der Waals surface area contributed by atoms with Crippen LogP contribution in [0.3, 0.4) is 0 Å². The summed E-state index contributed by atoms with van der Waals surface area (Å²) < 4.78 is 13.1. The molecule has 0 heterocycles. The molecule has 0 aromatic heterocycles. The van der Waals surface area contributed by atoms with Gasteiger partial charge in [-0.2, -0.15) is 0 Å². The van der Waals surface area contributed by atoms with Gasteiger partial charge in [0, 0.05) is 24.8 Å². The first-order chi connectivity index (χ1) is 9.12. The number of nitrogens with zero attached hydrogens (tertiary/aromatic N) is 1. The fourth-order valence-electron chi connectivity index (χ4n) is 2.08. The average Bonchev–Trinajstić information content (AvgIpc) is 2.39. The number of anilines is 1. The maximum atomic E-state index is 13.1. The van der Waals surface area contributed by atoms with E-state index in [0.717, 1.165) is 12.8 Å². The molecule has 0 atom stereocenters. The standard InChI is InChI=1S/C14H22FN3O/c1-3-13(4-2)18(9-8-16)14(19)17-12-7-5-6-11(15)10-12/h5-7,10,13H,3-4,8-9,16H2,1-2H3,(H,17,19). The Bertz CT molecular complexity index is 407. The highest BCUT2D eigenvalue weighted by atomic mass is 19.1. The summed E-state index contributed by atoms with van der Waals surface area (Å²) in [6.07, 6.45) is 1.74. The fraction of sp³-hybridized carbons (Fsp3) is 0.500. The Hall–Kier alpha value is -1.62. The monoisotopic (exact) mass is 267 g/mol. The number of halogens is 1. The molecule has 0 bridgehead atoms. The normalized spacial score (nSPS) is 10.6. The summed E-state index contributed by atoms with van der Waals surface area (Å²) in [4.78, 5) is 13.9. The van der Waals surface area contributed by atoms with E-state index in [1.807, 2.05) is 13.8 Å². The van der Waals surface area contributed by atoms with Gasteiger partial charge in [0.1, 0.15) is 5.82 Å². The van der Waals surface area contributed by atoms with Crippen LogP contribution >= 0.6 is 0 Å². The molecule has 0 unspecified atom stereocenters. The minimum atomic E-state index is -0.370. The average molecular weight is 267 g/mol. The molecular formula is C14H22FN3O. The van der Waals surface area contributed by atoms with Gasteiger partial charge in [0.25, 0.3) is 0 Å². The lowest BCUT2D eigenvalue weighted by atomic mass is 10.1. The third kappa shape index (κ3) is 4.52. The summed E-state index contributed by atoms with van der Waals surface area (Å²) in [6, 6.07) is 5.78. The highest BCUT2D eigenvalue weighted by Gasteiger charge is 2.20. The molecule has 0 aliphatic rings. The Morgan fingerprint density at radius 2 is 2.11 bits per heavy atom. The van der Waals surface area contributed by atoms with Gasteiger partial charge in [0.2, 0.25) is 0 Å². The van der Waals surface area contributed by atoms with E-state index in [-0.39, 0.29) is 17.9 Å². The van der Waals surface area contributed by atoms with E-state index in [0.29, 0.717) is 18.8 Å². The first kappa shape index (κ1) is 15.4. The molecule has 1 aromatic carbocycles. The van der Waals surface area contributed by atoms with Gasteiger partial charge in [-0.15, -0.1) is 0 Å². The van der Waals surface area contributed by atoms with Gasteiger partial charge < -0.3 is 16.0 Å². The maximum absolute atomic E-state index is 13.1. The molecule has 0 spiro atoms. The second-order valence-electron chi connectivity index (χ2n) is 4.39. The number of carbonyl (C=O) groups excluding carboxylic acids is 1. The second-order valence-corrected chi connectivity index (χ2v) is 4.39. The number of rotatable bonds is 6. The Labute approximate surface area is 113 Å². The molecule has 1 rings (SSSR count). The number of urea groups is 1. The summed E-state index contributed by atoms with van der Waals surface area (Å²) in [7, 11) is 0. The van der Waals surface area contributed by atoms with Crippen LogP contribution in [0.4, 0.5) is 14.9 Å². The number of carbonyl (C=O) groups is 1. The summed E-state index contributed by atoms with van der Waals surface area (Å²) in [5.41, 5.74) is 6.01. The van der Waals surface area contributed by atoms with E-state index in [1.54, 1.807) is 17.0 Å². The number of amides is 2. The Morgan fingerprint density at radius 3 is 2.63 bits per heavy atom. The third-order valence-corrected chi connectivity index (χ3v) is 3.09. The van der Waals surface area contributed by atoms with Gasteiger partial charge >= 0.3 is 6.03 Å². The smallest absolute Gasteiger partial charge is 0.322 e. The van der Waals surface area contributed by atoms with Crippen LogP contribution in [0.5, 0.6) is 0 Å². The number of nitrogens with two attached hydrogens (primary N) is 1. The number of benzene rings is 1. The first-order valence-electron chi connectivity index (χ1n) is 6.65. The van der Waals surface area contributed by atoms with Crippen molar-refractivity contribution < 1.29 is 9.18 Å². The van der Waals surface area contributed by atoms with Gasteiger partial charge in [-0.05, 0) is 31.0 Å². The zero-order chi connectivity index (χ0) is 14.3. The van der Waals surface area contributed by atoms with Gasteiger partial charge in [-0.3, -0.25) is 0 Å². The van der Waals surface area contributed by atoms with Crippen LogP contribution in [0.2, 0.25) is 0 Å². The van der Waals surface area contributed by atoms with E-state index in [4.69, 9.17) is 5.73 Å². The van der Waals surface area contributed by atoms with Gasteiger partial charge in [-0.1, -0.05) is 19.9 Å². The molecule has 106 valence electrons. The maximum Gasteiger partial charge on any atom is 0.322 e. The van der Waals surface area contributed by atoms with E-state index < -0.39 is 0 Å². The molecule has 0 aliphatic heterocycles. The largest absolute Gasteiger partial charge is 0.329 e. The molecule has 4 nitrogen and oxygen atoms in total. The molecule has 3 N–H and O–H groups in total. The second kappa shape index (κ2) is 7.74. The third-order valence-electron chi connectivity index (χ3n) is 3.09.